The molecule has 0 bridgehead atoms. The highest BCUT2D eigenvalue weighted by Gasteiger charge is 2.22. The number of halogens is 4. The molecule has 2 aromatic rings. The molecule has 1 N–H and O–H groups in total. The lowest BCUT2D eigenvalue weighted by Gasteiger charge is -2.16. The van der Waals surface area contributed by atoms with E-state index in [2.05, 4.69) is 5.32 Å². The fourth-order valence-corrected chi connectivity index (χ4v) is 2.89. The molecule has 1 aromatic heterocycles. The molecule has 18 heavy (non-hydrogen) atoms. The van der Waals surface area contributed by atoms with Gasteiger partial charge in [0.1, 0.15) is 0 Å². The third kappa shape index (κ3) is 2.39. The molecule has 1 atom stereocenters. The van der Waals surface area contributed by atoms with Gasteiger partial charge in [0.05, 0.1) is 10.4 Å². The third-order valence-corrected chi connectivity index (χ3v) is 3.84. The van der Waals surface area contributed by atoms with Gasteiger partial charge in [-0.2, -0.15) is 0 Å². The van der Waals surface area contributed by atoms with Gasteiger partial charge in [-0.1, -0.05) is 17.7 Å². The minimum Gasteiger partial charge on any atom is -0.309 e. The van der Waals surface area contributed by atoms with E-state index in [1.807, 2.05) is 0 Å². The molecule has 96 valence electrons. The van der Waals surface area contributed by atoms with Gasteiger partial charge in [0, 0.05) is 10.4 Å². The number of hydrogen-bond acceptors (Lipinski definition) is 2. The van der Waals surface area contributed by atoms with Crippen LogP contribution >= 0.6 is 22.9 Å². The largest absolute Gasteiger partial charge is 0.309 e. The smallest absolute Gasteiger partial charge is 0.194 e. The SMILES string of the molecule is CNC(c1ccc(Cl)s1)c1ccc(F)c(F)c1F. The highest BCUT2D eigenvalue weighted by Crippen LogP contribution is 2.32. The van der Waals surface area contributed by atoms with E-state index in [1.54, 1.807) is 19.2 Å². The van der Waals surface area contributed by atoms with Gasteiger partial charge in [0.2, 0.25) is 0 Å². The number of rotatable bonds is 3. The van der Waals surface area contributed by atoms with E-state index in [0.29, 0.717) is 4.34 Å². The zero-order valence-corrected chi connectivity index (χ0v) is 10.9. The second-order valence-corrected chi connectivity index (χ2v) is 5.37. The summed E-state index contributed by atoms with van der Waals surface area (Å²) in [5.41, 5.74) is 0.0508. The van der Waals surface area contributed by atoms with Gasteiger partial charge in [0.25, 0.3) is 0 Å². The summed E-state index contributed by atoms with van der Waals surface area (Å²) in [6, 6.07) is 4.96. The van der Waals surface area contributed by atoms with E-state index in [9.17, 15) is 13.2 Å². The second-order valence-electron chi connectivity index (χ2n) is 3.63. The van der Waals surface area contributed by atoms with Crippen molar-refractivity contribution < 1.29 is 13.2 Å². The summed E-state index contributed by atoms with van der Waals surface area (Å²) >= 11 is 7.06. The van der Waals surface area contributed by atoms with Crippen molar-refractivity contribution in [2.24, 2.45) is 0 Å². The number of hydrogen-bond donors (Lipinski definition) is 1. The van der Waals surface area contributed by atoms with Crippen LogP contribution in [0.1, 0.15) is 16.5 Å². The normalized spacial score (nSPS) is 12.7. The molecule has 6 heteroatoms. The Balaban J connectivity index is 2.49. The average molecular weight is 292 g/mol. The maximum Gasteiger partial charge on any atom is 0.194 e. The molecular weight excluding hydrogens is 283 g/mol. The fraction of sp³-hybridized carbons (Fsp3) is 0.167. The molecule has 2 rings (SSSR count). The van der Waals surface area contributed by atoms with Gasteiger partial charge in [0.15, 0.2) is 17.5 Å². The maximum atomic E-state index is 13.7. The molecule has 0 saturated heterocycles. The monoisotopic (exact) mass is 291 g/mol. The van der Waals surface area contributed by atoms with Crippen LogP contribution in [0.4, 0.5) is 13.2 Å². The van der Waals surface area contributed by atoms with E-state index in [4.69, 9.17) is 11.6 Å². The Morgan fingerprint density at radius 3 is 2.39 bits per heavy atom. The quantitative estimate of drug-likeness (QED) is 0.839. The van der Waals surface area contributed by atoms with Crippen LogP contribution < -0.4 is 5.32 Å². The van der Waals surface area contributed by atoms with Crippen LogP contribution in [0.25, 0.3) is 0 Å². The van der Waals surface area contributed by atoms with E-state index in [1.165, 1.54) is 17.4 Å². The molecule has 0 fully saturated rings. The minimum atomic E-state index is -1.46. The van der Waals surface area contributed by atoms with Gasteiger partial charge >= 0.3 is 0 Å². The lowest BCUT2D eigenvalue weighted by atomic mass is 10.0. The molecular formula is C12H9ClF3NS. The topological polar surface area (TPSA) is 12.0 Å². The molecule has 0 spiro atoms. The summed E-state index contributed by atoms with van der Waals surface area (Å²) < 4.78 is 40.3. The summed E-state index contributed by atoms with van der Waals surface area (Å²) in [5.74, 6) is -3.84. The standard InChI is InChI=1S/C12H9ClF3NS/c1-17-12(8-4-5-9(13)18-8)6-2-3-7(14)11(16)10(6)15/h2-5,12,17H,1H3. The average Bonchev–Trinajstić information content (AvgIpc) is 2.77. The Morgan fingerprint density at radius 1 is 1.11 bits per heavy atom. The summed E-state index contributed by atoms with van der Waals surface area (Å²) in [6.45, 7) is 0. The molecule has 0 amide bonds. The van der Waals surface area contributed by atoms with Crippen LogP contribution in [-0.4, -0.2) is 7.05 Å². The van der Waals surface area contributed by atoms with Crippen LogP contribution in [0.5, 0.6) is 0 Å². The first-order chi connectivity index (χ1) is 8.54. The van der Waals surface area contributed by atoms with E-state index in [0.717, 1.165) is 10.9 Å². The van der Waals surface area contributed by atoms with Crippen molar-refractivity contribution in [3.05, 3.63) is 56.5 Å². The Kier molecular flexibility index (Phi) is 3.94. The fourth-order valence-electron chi connectivity index (χ4n) is 1.70. The second kappa shape index (κ2) is 5.30. The van der Waals surface area contributed by atoms with Gasteiger partial charge in [-0.3, -0.25) is 0 Å². The summed E-state index contributed by atoms with van der Waals surface area (Å²) in [4.78, 5) is 0.729. The summed E-state index contributed by atoms with van der Waals surface area (Å²) in [6.07, 6.45) is 0. The van der Waals surface area contributed by atoms with Gasteiger partial charge in [-0.15, -0.1) is 11.3 Å². The lowest BCUT2D eigenvalue weighted by molar-refractivity contribution is 0.435. The highest BCUT2D eigenvalue weighted by atomic mass is 35.5. The molecule has 1 aromatic carbocycles. The zero-order valence-electron chi connectivity index (χ0n) is 9.31. The first kappa shape index (κ1) is 13.4. The first-order valence-electron chi connectivity index (χ1n) is 5.10. The third-order valence-electron chi connectivity index (χ3n) is 2.54. The first-order valence-corrected chi connectivity index (χ1v) is 6.30. The van der Waals surface area contributed by atoms with Gasteiger partial charge in [-0.25, -0.2) is 13.2 Å². The molecule has 1 heterocycles. The van der Waals surface area contributed by atoms with Crippen LogP contribution in [-0.2, 0) is 0 Å². The van der Waals surface area contributed by atoms with Gasteiger partial charge < -0.3 is 5.32 Å². The Morgan fingerprint density at radius 2 is 1.83 bits per heavy atom. The molecule has 0 aliphatic carbocycles. The number of benzene rings is 1. The van der Waals surface area contributed by atoms with Crippen molar-refractivity contribution in [3.8, 4) is 0 Å². The van der Waals surface area contributed by atoms with E-state index < -0.39 is 23.5 Å². The molecule has 0 saturated carbocycles. The van der Waals surface area contributed by atoms with Crippen molar-refractivity contribution in [2.75, 3.05) is 7.05 Å². The summed E-state index contributed by atoms with van der Waals surface area (Å²) in [7, 11) is 1.61. The maximum absolute atomic E-state index is 13.7. The summed E-state index contributed by atoms with van der Waals surface area (Å²) in [5, 5.41) is 2.86. The minimum absolute atomic E-state index is 0.0508. The Bertz CT molecular complexity index is 570. The van der Waals surface area contributed by atoms with Crippen molar-refractivity contribution in [1.82, 2.24) is 5.32 Å². The molecule has 0 aliphatic rings. The zero-order chi connectivity index (χ0) is 13.3. The number of thiophene rings is 1. The van der Waals surface area contributed by atoms with Gasteiger partial charge in [-0.05, 0) is 25.2 Å². The van der Waals surface area contributed by atoms with Crippen LogP contribution in [0, 0.1) is 17.5 Å². The molecule has 1 nitrogen and oxygen atoms in total. The van der Waals surface area contributed by atoms with Crippen LogP contribution in [0.15, 0.2) is 24.3 Å². The van der Waals surface area contributed by atoms with E-state index in [-0.39, 0.29) is 5.56 Å². The van der Waals surface area contributed by atoms with Crippen molar-refractivity contribution in [2.45, 2.75) is 6.04 Å². The molecule has 1 unspecified atom stereocenters. The predicted octanol–water partition coefficient (Wildman–Crippen LogP) is 4.13. The highest BCUT2D eigenvalue weighted by molar-refractivity contribution is 7.16. The van der Waals surface area contributed by atoms with Crippen LogP contribution in [0.3, 0.4) is 0 Å². The Labute approximate surface area is 111 Å². The Hall–Kier alpha value is -1.04. The van der Waals surface area contributed by atoms with Crippen LogP contribution in [0.2, 0.25) is 4.34 Å². The van der Waals surface area contributed by atoms with Crippen molar-refractivity contribution in [1.29, 1.82) is 0 Å². The molecule has 0 radical (unpaired) electrons. The number of nitrogens with one attached hydrogen (secondary N) is 1. The predicted molar refractivity (Wildman–Crippen MR) is 66.5 cm³/mol. The van der Waals surface area contributed by atoms with Crippen molar-refractivity contribution >= 4 is 22.9 Å². The molecule has 0 aliphatic heterocycles. The van der Waals surface area contributed by atoms with E-state index >= 15 is 0 Å². The van der Waals surface area contributed by atoms with Crippen molar-refractivity contribution in [3.63, 3.8) is 0 Å². The lowest BCUT2D eigenvalue weighted by Crippen LogP contribution is -2.18.